The Hall–Kier alpha value is -1.60. The average molecular weight is 245 g/mol. The minimum atomic E-state index is -0.145. The van der Waals surface area contributed by atoms with Gasteiger partial charge in [-0.2, -0.15) is 5.26 Å². The van der Waals surface area contributed by atoms with E-state index in [1.54, 1.807) is 0 Å². The van der Waals surface area contributed by atoms with Gasteiger partial charge in [-0.1, -0.05) is 0 Å². The second-order valence-electron chi connectivity index (χ2n) is 5.10. The van der Waals surface area contributed by atoms with E-state index in [0.717, 1.165) is 42.9 Å². The van der Waals surface area contributed by atoms with Crippen LogP contribution in [0, 0.1) is 31.1 Å². The van der Waals surface area contributed by atoms with Crippen LogP contribution < -0.4 is 5.32 Å². The summed E-state index contributed by atoms with van der Waals surface area (Å²) in [4.78, 5) is 4.29. The first kappa shape index (κ1) is 12.8. The molecule has 1 saturated carbocycles. The molecular formula is C14H19N3O. The van der Waals surface area contributed by atoms with Crippen molar-refractivity contribution in [1.82, 2.24) is 4.98 Å². The fourth-order valence-electron chi connectivity index (χ4n) is 2.60. The lowest BCUT2D eigenvalue weighted by Crippen LogP contribution is -2.14. The molecule has 2 atom stereocenters. The molecule has 2 rings (SSSR count). The van der Waals surface area contributed by atoms with Gasteiger partial charge in [0, 0.05) is 12.2 Å². The van der Waals surface area contributed by atoms with Crippen LogP contribution in [0.2, 0.25) is 0 Å². The van der Waals surface area contributed by atoms with Crippen molar-refractivity contribution >= 4 is 5.69 Å². The lowest BCUT2D eigenvalue weighted by atomic mass is 10.1. The van der Waals surface area contributed by atoms with Crippen LogP contribution in [0.15, 0.2) is 6.07 Å². The van der Waals surface area contributed by atoms with Crippen LogP contribution in [0.25, 0.3) is 0 Å². The first-order valence-corrected chi connectivity index (χ1v) is 6.40. The van der Waals surface area contributed by atoms with E-state index in [1.807, 2.05) is 19.9 Å². The van der Waals surface area contributed by atoms with Crippen molar-refractivity contribution in [1.29, 1.82) is 5.26 Å². The van der Waals surface area contributed by atoms with E-state index in [9.17, 15) is 5.11 Å². The summed E-state index contributed by atoms with van der Waals surface area (Å²) in [5, 5.41) is 22.0. The summed E-state index contributed by atoms with van der Waals surface area (Å²) in [6, 6.07) is 4.11. The van der Waals surface area contributed by atoms with Crippen LogP contribution in [0.5, 0.6) is 0 Å². The fourth-order valence-corrected chi connectivity index (χ4v) is 2.60. The molecule has 0 radical (unpaired) electrons. The minimum absolute atomic E-state index is 0.145. The fraction of sp³-hybridized carbons (Fsp3) is 0.571. The third kappa shape index (κ3) is 2.80. The number of hydrogen-bond acceptors (Lipinski definition) is 4. The molecule has 1 fully saturated rings. The third-order valence-corrected chi connectivity index (χ3v) is 3.53. The summed E-state index contributed by atoms with van der Waals surface area (Å²) in [5.74, 6) is 0.500. The highest BCUT2D eigenvalue weighted by Gasteiger charge is 2.22. The first-order chi connectivity index (χ1) is 8.60. The molecule has 1 aliphatic rings. The van der Waals surface area contributed by atoms with Crippen molar-refractivity contribution in [3.63, 3.8) is 0 Å². The van der Waals surface area contributed by atoms with E-state index in [2.05, 4.69) is 16.4 Å². The third-order valence-electron chi connectivity index (χ3n) is 3.53. The number of aliphatic hydroxyl groups excluding tert-OH is 1. The van der Waals surface area contributed by atoms with Crippen molar-refractivity contribution in [3.8, 4) is 6.07 Å². The molecule has 1 aliphatic carbocycles. The van der Waals surface area contributed by atoms with E-state index < -0.39 is 0 Å². The molecule has 0 aromatic carbocycles. The summed E-state index contributed by atoms with van der Waals surface area (Å²) in [6.07, 6.45) is 2.66. The molecule has 0 saturated heterocycles. The van der Waals surface area contributed by atoms with Gasteiger partial charge in [0.05, 0.1) is 23.0 Å². The zero-order chi connectivity index (χ0) is 13.1. The van der Waals surface area contributed by atoms with Crippen LogP contribution in [0.3, 0.4) is 0 Å². The van der Waals surface area contributed by atoms with Crippen LogP contribution in [0.1, 0.15) is 36.2 Å². The molecule has 18 heavy (non-hydrogen) atoms. The lowest BCUT2D eigenvalue weighted by Gasteiger charge is -2.14. The number of aromatic nitrogens is 1. The molecular weight excluding hydrogens is 226 g/mol. The van der Waals surface area contributed by atoms with Gasteiger partial charge < -0.3 is 10.4 Å². The maximum atomic E-state index is 9.50. The molecule has 1 aromatic heterocycles. The minimum Gasteiger partial charge on any atom is -0.393 e. The molecule has 2 unspecified atom stereocenters. The highest BCUT2D eigenvalue weighted by molar-refractivity contribution is 5.59. The summed E-state index contributed by atoms with van der Waals surface area (Å²) in [7, 11) is 0. The quantitative estimate of drug-likeness (QED) is 0.856. The second kappa shape index (κ2) is 5.36. The Bertz CT molecular complexity index is 479. The normalized spacial score (nSPS) is 22.8. The molecule has 1 heterocycles. The smallest absolute Gasteiger partial charge is 0.103 e. The number of anilines is 1. The number of nitriles is 1. The van der Waals surface area contributed by atoms with Gasteiger partial charge in [-0.15, -0.1) is 0 Å². The van der Waals surface area contributed by atoms with Gasteiger partial charge in [0.15, 0.2) is 0 Å². The Balaban J connectivity index is 2.07. The van der Waals surface area contributed by atoms with Crippen LogP contribution in [0.4, 0.5) is 5.69 Å². The topological polar surface area (TPSA) is 68.9 Å². The van der Waals surface area contributed by atoms with Gasteiger partial charge in [-0.25, -0.2) is 0 Å². The van der Waals surface area contributed by atoms with E-state index in [0.29, 0.717) is 11.5 Å². The van der Waals surface area contributed by atoms with Gasteiger partial charge >= 0.3 is 0 Å². The molecule has 4 nitrogen and oxygen atoms in total. The van der Waals surface area contributed by atoms with E-state index in [-0.39, 0.29) is 6.10 Å². The molecule has 2 N–H and O–H groups in total. The summed E-state index contributed by atoms with van der Waals surface area (Å²) in [5.41, 5.74) is 3.18. The van der Waals surface area contributed by atoms with E-state index in [1.165, 1.54) is 0 Å². The van der Waals surface area contributed by atoms with Crippen LogP contribution in [-0.2, 0) is 0 Å². The standard InChI is InChI=1S/C14H19N3O/c1-9-5-14(13(7-15)10(2)17-9)16-8-11-3-4-12(18)6-11/h5,11-12,18H,3-4,6,8H2,1-2H3,(H,16,17). The molecule has 0 aliphatic heterocycles. The van der Waals surface area contributed by atoms with Gasteiger partial charge in [0.2, 0.25) is 0 Å². The maximum absolute atomic E-state index is 9.50. The Morgan fingerprint density at radius 1 is 1.50 bits per heavy atom. The van der Waals surface area contributed by atoms with Crippen molar-refractivity contribution in [2.75, 3.05) is 11.9 Å². The van der Waals surface area contributed by atoms with Crippen LogP contribution >= 0.6 is 0 Å². The number of pyridine rings is 1. The molecule has 96 valence electrons. The summed E-state index contributed by atoms with van der Waals surface area (Å²) in [6.45, 7) is 4.60. The summed E-state index contributed by atoms with van der Waals surface area (Å²) < 4.78 is 0. The Kier molecular flexibility index (Phi) is 3.83. The monoisotopic (exact) mass is 245 g/mol. The predicted molar refractivity (Wildman–Crippen MR) is 70.3 cm³/mol. The SMILES string of the molecule is Cc1cc(NCC2CCC(O)C2)c(C#N)c(C)n1. The van der Waals surface area contributed by atoms with E-state index in [4.69, 9.17) is 5.26 Å². The molecule has 0 amide bonds. The van der Waals surface area contributed by atoms with Crippen LogP contribution in [-0.4, -0.2) is 22.7 Å². The number of nitrogens with zero attached hydrogens (tertiary/aromatic N) is 2. The van der Waals surface area contributed by atoms with Gasteiger partial charge in [0.1, 0.15) is 6.07 Å². The van der Waals surface area contributed by atoms with E-state index >= 15 is 0 Å². The van der Waals surface area contributed by atoms with Gasteiger partial charge in [-0.3, -0.25) is 4.98 Å². The molecule has 0 spiro atoms. The Morgan fingerprint density at radius 3 is 2.89 bits per heavy atom. The highest BCUT2D eigenvalue weighted by atomic mass is 16.3. The number of aliphatic hydroxyl groups is 1. The number of nitrogens with one attached hydrogen (secondary N) is 1. The average Bonchev–Trinajstić information content (AvgIpc) is 2.72. The zero-order valence-corrected chi connectivity index (χ0v) is 10.9. The van der Waals surface area contributed by atoms with Gasteiger partial charge in [-0.05, 0) is 45.1 Å². The Morgan fingerprint density at radius 2 is 2.28 bits per heavy atom. The number of hydrogen-bond donors (Lipinski definition) is 2. The van der Waals surface area contributed by atoms with Crippen molar-refractivity contribution in [2.45, 2.75) is 39.2 Å². The first-order valence-electron chi connectivity index (χ1n) is 6.40. The molecule has 4 heteroatoms. The predicted octanol–water partition coefficient (Wildman–Crippen LogP) is 2.14. The number of aryl methyl sites for hydroxylation is 2. The zero-order valence-electron chi connectivity index (χ0n) is 10.9. The largest absolute Gasteiger partial charge is 0.393 e. The Labute approximate surface area is 108 Å². The molecule has 1 aromatic rings. The van der Waals surface area contributed by atoms with Crippen molar-refractivity contribution in [2.24, 2.45) is 5.92 Å². The van der Waals surface area contributed by atoms with Crippen molar-refractivity contribution < 1.29 is 5.11 Å². The molecule has 0 bridgehead atoms. The highest BCUT2D eigenvalue weighted by Crippen LogP contribution is 2.26. The second-order valence-corrected chi connectivity index (χ2v) is 5.10. The lowest BCUT2D eigenvalue weighted by molar-refractivity contribution is 0.178. The number of rotatable bonds is 3. The summed E-state index contributed by atoms with van der Waals surface area (Å²) >= 11 is 0. The maximum Gasteiger partial charge on any atom is 0.103 e. The van der Waals surface area contributed by atoms with Gasteiger partial charge in [0.25, 0.3) is 0 Å². The van der Waals surface area contributed by atoms with Crippen molar-refractivity contribution in [3.05, 3.63) is 23.0 Å².